The van der Waals surface area contributed by atoms with Gasteiger partial charge in [-0.25, -0.2) is 4.39 Å². The molecule has 58 valence electrons. The first-order valence-electron chi connectivity index (χ1n) is 4.22. The topological polar surface area (TPSA) is 12.0 Å². The van der Waals surface area contributed by atoms with Crippen LogP contribution in [0.25, 0.3) is 0 Å². The van der Waals surface area contributed by atoms with E-state index in [-0.39, 0.29) is 0 Å². The Balaban J connectivity index is 2.03. The van der Waals surface area contributed by atoms with Crippen LogP contribution in [-0.4, -0.2) is 19.3 Å². The maximum atomic E-state index is 13.1. The van der Waals surface area contributed by atoms with Crippen LogP contribution in [-0.2, 0) is 0 Å². The van der Waals surface area contributed by atoms with Crippen molar-refractivity contribution in [1.82, 2.24) is 5.32 Å². The molecule has 2 rings (SSSR count). The smallest absolute Gasteiger partial charge is 0.104 e. The number of halogens is 1. The van der Waals surface area contributed by atoms with Gasteiger partial charge in [-0.05, 0) is 25.3 Å². The lowest BCUT2D eigenvalue weighted by atomic mass is 9.80. The predicted molar refractivity (Wildman–Crippen MR) is 38.6 cm³/mol. The molecule has 10 heavy (non-hydrogen) atoms. The van der Waals surface area contributed by atoms with Gasteiger partial charge >= 0.3 is 0 Å². The molecule has 2 aliphatic rings. The highest BCUT2D eigenvalue weighted by atomic mass is 19.1. The van der Waals surface area contributed by atoms with Crippen molar-refractivity contribution in [3.05, 3.63) is 0 Å². The Kier molecular flexibility index (Phi) is 1.65. The van der Waals surface area contributed by atoms with Crippen LogP contribution in [0.1, 0.15) is 19.3 Å². The summed E-state index contributed by atoms with van der Waals surface area (Å²) >= 11 is 0. The van der Waals surface area contributed by atoms with Crippen LogP contribution in [0.4, 0.5) is 4.39 Å². The Morgan fingerprint density at radius 1 is 1.20 bits per heavy atom. The van der Waals surface area contributed by atoms with Gasteiger partial charge in [-0.1, -0.05) is 6.42 Å². The maximum Gasteiger partial charge on any atom is 0.104 e. The molecule has 1 saturated carbocycles. The summed E-state index contributed by atoms with van der Waals surface area (Å²) in [6, 6.07) is 0. The lowest BCUT2D eigenvalue weighted by Crippen LogP contribution is -2.28. The van der Waals surface area contributed by atoms with E-state index in [0.717, 1.165) is 25.9 Å². The first-order chi connectivity index (χ1) is 4.88. The van der Waals surface area contributed by atoms with Crippen molar-refractivity contribution in [2.75, 3.05) is 13.1 Å². The van der Waals surface area contributed by atoms with Crippen molar-refractivity contribution in [3.63, 3.8) is 0 Å². The summed E-state index contributed by atoms with van der Waals surface area (Å²) in [7, 11) is 0. The van der Waals surface area contributed by atoms with Gasteiger partial charge in [0, 0.05) is 12.5 Å². The van der Waals surface area contributed by atoms with Gasteiger partial charge in [-0.15, -0.1) is 0 Å². The monoisotopic (exact) mass is 143 g/mol. The minimum Gasteiger partial charge on any atom is -0.316 e. The van der Waals surface area contributed by atoms with E-state index in [9.17, 15) is 4.39 Å². The molecule has 1 aliphatic heterocycles. The van der Waals surface area contributed by atoms with Gasteiger partial charge in [0.25, 0.3) is 0 Å². The van der Waals surface area contributed by atoms with Gasteiger partial charge in [0.05, 0.1) is 0 Å². The lowest BCUT2D eigenvalue weighted by Gasteiger charge is -2.27. The van der Waals surface area contributed by atoms with Crippen LogP contribution >= 0.6 is 0 Å². The van der Waals surface area contributed by atoms with E-state index < -0.39 is 6.17 Å². The number of fused-ring (bicyclic) bond motifs is 1. The maximum absolute atomic E-state index is 13.1. The molecule has 1 heterocycles. The Morgan fingerprint density at radius 2 is 2.10 bits per heavy atom. The molecule has 1 nitrogen and oxygen atoms in total. The molecule has 1 aliphatic carbocycles. The third kappa shape index (κ3) is 0.947. The van der Waals surface area contributed by atoms with E-state index in [4.69, 9.17) is 0 Å². The lowest BCUT2D eigenvalue weighted by molar-refractivity contribution is 0.142. The molecule has 3 atom stereocenters. The molecule has 0 aromatic carbocycles. The number of rotatable bonds is 0. The normalized spacial score (nSPS) is 47.1. The molecule has 1 saturated heterocycles. The Labute approximate surface area is 61.0 Å². The van der Waals surface area contributed by atoms with Crippen molar-refractivity contribution in [2.24, 2.45) is 11.8 Å². The molecule has 0 spiro atoms. The zero-order valence-corrected chi connectivity index (χ0v) is 6.15. The fourth-order valence-corrected chi connectivity index (χ4v) is 2.28. The van der Waals surface area contributed by atoms with Gasteiger partial charge in [-0.2, -0.15) is 0 Å². The van der Waals surface area contributed by atoms with E-state index in [2.05, 4.69) is 5.32 Å². The Hall–Kier alpha value is -0.110. The minimum atomic E-state index is -0.506. The second-order valence-corrected chi connectivity index (χ2v) is 3.53. The largest absolute Gasteiger partial charge is 0.316 e. The van der Waals surface area contributed by atoms with E-state index in [0.29, 0.717) is 11.8 Å². The highest BCUT2D eigenvalue weighted by molar-refractivity contribution is 4.89. The SMILES string of the molecule is FC1CCCC2CNCC12. The van der Waals surface area contributed by atoms with Crippen molar-refractivity contribution in [2.45, 2.75) is 25.4 Å². The third-order valence-corrected chi connectivity index (χ3v) is 2.91. The van der Waals surface area contributed by atoms with E-state index in [1.807, 2.05) is 0 Å². The summed E-state index contributed by atoms with van der Waals surface area (Å²) in [6.07, 6.45) is 2.65. The average molecular weight is 143 g/mol. The Morgan fingerprint density at radius 3 is 2.90 bits per heavy atom. The zero-order valence-electron chi connectivity index (χ0n) is 6.15. The first-order valence-corrected chi connectivity index (χ1v) is 4.22. The Bertz CT molecular complexity index is 126. The van der Waals surface area contributed by atoms with E-state index in [1.54, 1.807) is 0 Å². The quantitative estimate of drug-likeness (QED) is 0.539. The fraction of sp³-hybridized carbons (Fsp3) is 1.00. The molecule has 0 amide bonds. The standard InChI is InChI=1S/C8H14FN/c9-8-3-1-2-6-4-10-5-7(6)8/h6-8,10H,1-5H2. The molecule has 2 fully saturated rings. The second kappa shape index (κ2) is 2.50. The molecule has 2 heteroatoms. The van der Waals surface area contributed by atoms with Crippen LogP contribution in [0.3, 0.4) is 0 Å². The van der Waals surface area contributed by atoms with Crippen LogP contribution in [0.5, 0.6) is 0 Å². The molecule has 0 radical (unpaired) electrons. The van der Waals surface area contributed by atoms with Crippen LogP contribution in [0.15, 0.2) is 0 Å². The average Bonchev–Trinajstić information content (AvgIpc) is 2.36. The number of hydrogen-bond donors (Lipinski definition) is 1. The predicted octanol–water partition coefficient (Wildman–Crippen LogP) is 1.34. The van der Waals surface area contributed by atoms with Crippen LogP contribution < -0.4 is 5.32 Å². The minimum absolute atomic E-state index is 0.355. The molecular formula is C8H14FN. The first kappa shape index (κ1) is 6.59. The van der Waals surface area contributed by atoms with E-state index >= 15 is 0 Å². The molecule has 0 bridgehead atoms. The summed E-state index contributed by atoms with van der Waals surface area (Å²) in [5.41, 5.74) is 0. The summed E-state index contributed by atoms with van der Waals surface area (Å²) in [5.74, 6) is 1.01. The zero-order chi connectivity index (χ0) is 6.97. The second-order valence-electron chi connectivity index (χ2n) is 3.53. The fourth-order valence-electron chi connectivity index (χ4n) is 2.28. The van der Waals surface area contributed by atoms with Crippen molar-refractivity contribution >= 4 is 0 Å². The molecule has 0 aromatic heterocycles. The van der Waals surface area contributed by atoms with Crippen molar-refractivity contribution in [3.8, 4) is 0 Å². The molecule has 3 unspecified atom stereocenters. The van der Waals surface area contributed by atoms with Crippen LogP contribution in [0.2, 0.25) is 0 Å². The van der Waals surface area contributed by atoms with Crippen LogP contribution in [0, 0.1) is 11.8 Å². The van der Waals surface area contributed by atoms with Gasteiger partial charge in [0.15, 0.2) is 0 Å². The van der Waals surface area contributed by atoms with Gasteiger partial charge in [0.1, 0.15) is 6.17 Å². The molecular weight excluding hydrogens is 129 g/mol. The summed E-state index contributed by atoms with van der Waals surface area (Å²) < 4.78 is 13.1. The number of alkyl halides is 1. The highest BCUT2D eigenvalue weighted by Gasteiger charge is 2.36. The van der Waals surface area contributed by atoms with Crippen molar-refractivity contribution in [1.29, 1.82) is 0 Å². The molecule has 1 N–H and O–H groups in total. The summed E-state index contributed by atoms with van der Waals surface area (Å²) in [6.45, 7) is 1.98. The summed E-state index contributed by atoms with van der Waals surface area (Å²) in [5, 5.41) is 3.25. The van der Waals surface area contributed by atoms with Crippen molar-refractivity contribution < 1.29 is 4.39 Å². The number of nitrogens with one attached hydrogen (secondary N) is 1. The summed E-state index contributed by atoms with van der Waals surface area (Å²) in [4.78, 5) is 0. The molecule has 0 aromatic rings. The van der Waals surface area contributed by atoms with E-state index in [1.165, 1.54) is 6.42 Å². The van der Waals surface area contributed by atoms with Gasteiger partial charge in [-0.3, -0.25) is 0 Å². The number of hydrogen-bond acceptors (Lipinski definition) is 1. The van der Waals surface area contributed by atoms with Gasteiger partial charge < -0.3 is 5.32 Å². The highest BCUT2D eigenvalue weighted by Crippen LogP contribution is 2.34. The third-order valence-electron chi connectivity index (χ3n) is 2.91. The van der Waals surface area contributed by atoms with Gasteiger partial charge in [0.2, 0.25) is 0 Å².